The third-order valence-electron chi connectivity index (χ3n) is 3.95. The van der Waals surface area contributed by atoms with Gasteiger partial charge in [-0.1, -0.05) is 49.7 Å². The van der Waals surface area contributed by atoms with Gasteiger partial charge in [-0.25, -0.2) is 4.98 Å². The first-order chi connectivity index (χ1) is 12.3. The van der Waals surface area contributed by atoms with Gasteiger partial charge in [0.2, 0.25) is 0 Å². The number of rotatable bonds is 7. The first kappa shape index (κ1) is 17.0. The minimum Gasteiger partial charge on any atom is -0.492 e. The van der Waals surface area contributed by atoms with Crippen LogP contribution in [0.2, 0.25) is 0 Å². The zero-order chi connectivity index (χ0) is 17.5. The average Bonchev–Trinajstić information content (AvgIpc) is 2.66. The van der Waals surface area contributed by atoms with E-state index in [1.165, 1.54) is 5.56 Å². The van der Waals surface area contributed by atoms with Crippen LogP contribution in [0, 0.1) is 0 Å². The molecule has 0 radical (unpaired) electrons. The normalized spacial score (nSPS) is 10.6. The minimum atomic E-state index is -0.187. The van der Waals surface area contributed by atoms with E-state index in [-0.39, 0.29) is 5.91 Å². The molecular weight excluding hydrogens is 312 g/mol. The Morgan fingerprint density at radius 1 is 1.04 bits per heavy atom. The van der Waals surface area contributed by atoms with Crippen molar-refractivity contribution < 1.29 is 9.53 Å². The molecule has 0 unspecified atom stereocenters. The second kappa shape index (κ2) is 8.29. The van der Waals surface area contributed by atoms with Crippen LogP contribution in [0.4, 0.5) is 0 Å². The summed E-state index contributed by atoms with van der Waals surface area (Å²) in [6, 6.07) is 19.5. The summed E-state index contributed by atoms with van der Waals surface area (Å²) in [6.45, 7) is 3.02. The molecule has 0 saturated heterocycles. The highest BCUT2D eigenvalue weighted by molar-refractivity contribution is 5.94. The van der Waals surface area contributed by atoms with Crippen molar-refractivity contribution in [1.82, 2.24) is 10.3 Å². The van der Waals surface area contributed by atoms with Crippen LogP contribution in [0.25, 0.3) is 10.9 Å². The van der Waals surface area contributed by atoms with Crippen molar-refractivity contribution in [2.75, 3.05) is 13.2 Å². The van der Waals surface area contributed by atoms with Gasteiger partial charge in [-0.05, 0) is 36.2 Å². The Kier molecular flexibility index (Phi) is 5.62. The van der Waals surface area contributed by atoms with Gasteiger partial charge in [-0.2, -0.15) is 0 Å². The van der Waals surface area contributed by atoms with Crippen molar-refractivity contribution in [2.45, 2.75) is 19.8 Å². The molecule has 0 aliphatic rings. The van der Waals surface area contributed by atoms with Gasteiger partial charge in [0.15, 0.2) is 0 Å². The van der Waals surface area contributed by atoms with E-state index in [0.717, 1.165) is 29.5 Å². The summed E-state index contributed by atoms with van der Waals surface area (Å²) >= 11 is 0. The first-order valence-corrected chi connectivity index (χ1v) is 8.62. The number of nitrogens with one attached hydrogen (secondary N) is 1. The average molecular weight is 334 g/mol. The zero-order valence-corrected chi connectivity index (χ0v) is 14.4. The molecule has 4 heteroatoms. The third kappa shape index (κ3) is 4.57. The molecule has 0 atom stereocenters. The number of pyridine rings is 1. The van der Waals surface area contributed by atoms with Crippen LogP contribution in [0.3, 0.4) is 0 Å². The van der Waals surface area contributed by atoms with Gasteiger partial charge >= 0.3 is 0 Å². The van der Waals surface area contributed by atoms with E-state index < -0.39 is 0 Å². The number of para-hydroxylation sites is 1. The molecule has 0 bridgehead atoms. The number of hydrogen-bond acceptors (Lipinski definition) is 3. The second-order valence-corrected chi connectivity index (χ2v) is 5.89. The highest BCUT2D eigenvalue weighted by atomic mass is 16.5. The van der Waals surface area contributed by atoms with Gasteiger partial charge in [0.25, 0.3) is 5.91 Å². The molecule has 0 saturated carbocycles. The number of aromatic nitrogens is 1. The summed E-state index contributed by atoms with van der Waals surface area (Å²) < 4.78 is 5.66. The first-order valence-electron chi connectivity index (χ1n) is 8.62. The molecule has 1 N–H and O–H groups in total. The topological polar surface area (TPSA) is 51.2 Å². The SMILES string of the molecule is CCCc1ccc(OCCNC(=O)c2ccc3ccccc3n2)cc1. The van der Waals surface area contributed by atoms with Crippen LogP contribution in [-0.4, -0.2) is 24.0 Å². The Labute approximate surface area is 147 Å². The molecule has 1 amide bonds. The van der Waals surface area contributed by atoms with E-state index in [9.17, 15) is 4.79 Å². The summed E-state index contributed by atoms with van der Waals surface area (Å²) in [6.07, 6.45) is 2.21. The van der Waals surface area contributed by atoms with E-state index in [4.69, 9.17) is 4.74 Å². The van der Waals surface area contributed by atoms with E-state index in [0.29, 0.717) is 18.8 Å². The number of amides is 1. The number of carbonyl (C=O) groups is 1. The fourth-order valence-electron chi connectivity index (χ4n) is 2.66. The Morgan fingerprint density at radius 3 is 2.64 bits per heavy atom. The molecule has 1 heterocycles. The fraction of sp³-hybridized carbons (Fsp3) is 0.238. The largest absolute Gasteiger partial charge is 0.492 e. The predicted octanol–water partition coefficient (Wildman–Crippen LogP) is 4.00. The van der Waals surface area contributed by atoms with Gasteiger partial charge in [0.05, 0.1) is 12.1 Å². The molecular formula is C21H22N2O2. The highest BCUT2D eigenvalue weighted by Gasteiger charge is 2.07. The van der Waals surface area contributed by atoms with Crippen molar-refractivity contribution >= 4 is 16.8 Å². The van der Waals surface area contributed by atoms with Crippen molar-refractivity contribution in [1.29, 1.82) is 0 Å². The van der Waals surface area contributed by atoms with Crippen LogP contribution in [-0.2, 0) is 6.42 Å². The molecule has 1 aromatic heterocycles. The lowest BCUT2D eigenvalue weighted by atomic mass is 10.1. The van der Waals surface area contributed by atoms with E-state index >= 15 is 0 Å². The summed E-state index contributed by atoms with van der Waals surface area (Å²) in [4.78, 5) is 16.6. The number of fused-ring (bicyclic) bond motifs is 1. The van der Waals surface area contributed by atoms with Crippen LogP contribution in [0.5, 0.6) is 5.75 Å². The molecule has 25 heavy (non-hydrogen) atoms. The second-order valence-electron chi connectivity index (χ2n) is 5.89. The van der Waals surface area contributed by atoms with Crippen molar-refractivity contribution in [2.24, 2.45) is 0 Å². The Bertz CT molecular complexity index is 844. The lowest BCUT2D eigenvalue weighted by molar-refractivity contribution is 0.0942. The number of aryl methyl sites for hydroxylation is 1. The van der Waals surface area contributed by atoms with Gasteiger partial charge < -0.3 is 10.1 Å². The van der Waals surface area contributed by atoms with Crippen molar-refractivity contribution in [3.05, 3.63) is 71.9 Å². The molecule has 0 spiro atoms. The maximum Gasteiger partial charge on any atom is 0.270 e. The highest BCUT2D eigenvalue weighted by Crippen LogP contribution is 2.13. The molecule has 4 nitrogen and oxygen atoms in total. The van der Waals surface area contributed by atoms with E-state index in [1.54, 1.807) is 6.07 Å². The molecule has 0 aliphatic heterocycles. The van der Waals surface area contributed by atoms with Gasteiger partial charge in [-0.15, -0.1) is 0 Å². The summed E-state index contributed by atoms with van der Waals surface area (Å²) in [5.74, 6) is 0.630. The van der Waals surface area contributed by atoms with Crippen LogP contribution >= 0.6 is 0 Å². The van der Waals surface area contributed by atoms with Gasteiger partial charge in [0, 0.05) is 5.39 Å². The molecule has 3 aromatic rings. The number of nitrogens with zero attached hydrogens (tertiary/aromatic N) is 1. The molecule has 2 aromatic carbocycles. The maximum atomic E-state index is 12.2. The molecule has 0 fully saturated rings. The Balaban J connectivity index is 1.48. The number of ether oxygens (including phenoxy) is 1. The lowest BCUT2D eigenvalue weighted by Crippen LogP contribution is -2.28. The smallest absolute Gasteiger partial charge is 0.270 e. The standard InChI is InChI=1S/C21H22N2O2/c1-2-5-16-8-11-18(12-9-16)25-15-14-22-21(24)20-13-10-17-6-3-4-7-19(17)23-20/h3-4,6-13H,2,5,14-15H2,1H3,(H,22,24). The minimum absolute atomic E-state index is 0.187. The van der Waals surface area contributed by atoms with E-state index in [2.05, 4.69) is 29.4 Å². The number of hydrogen-bond donors (Lipinski definition) is 1. The molecule has 3 rings (SSSR count). The van der Waals surface area contributed by atoms with Gasteiger partial charge in [-0.3, -0.25) is 4.79 Å². The zero-order valence-electron chi connectivity index (χ0n) is 14.4. The van der Waals surface area contributed by atoms with Gasteiger partial charge in [0.1, 0.15) is 18.1 Å². The molecule has 0 aliphatic carbocycles. The fourth-order valence-corrected chi connectivity index (χ4v) is 2.66. The van der Waals surface area contributed by atoms with Crippen molar-refractivity contribution in [3.63, 3.8) is 0 Å². The quantitative estimate of drug-likeness (QED) is 0.665. The Morgan fingerprint density at radius 2 is 1.84 bits per heavy atom. The monoisotopic (exact) mass is 334 g/mol. The maximum absolute atomic E-state index is 12.2. The number of carbonyl (C=O) groups excluding carboxylic acids is 1. The summed E-state index contributed by atoms with van der Waals surface area (Å²) in [7, 11) is 0. The van der Waals surface area contributed by atoms with Crippen LogP contribution < -0.4 is 10.1 Å². The number of benzene rings is 2. The van der Waals surface area contributed by atoms with Crippen LogP contribution in [0.15, 0.2) is 60.7 Å². The Hall–Kier alpha value is -2.88. The third-order valence-corrected chi connectivity index (χ3v) is 3.95. The predicted molar refractivity (Wildman–Crippen MR) is 100 cm³/mol. The lowest BCUT2D eigenvalue weighted by Gasteiger charge is -2.08. The summed E-state index contributed by atoms with van der Waals surface area (Å²) in [5, 5.41) is 3.86. The van der Waals surface area contributed by atoms with E-state index in [1.807, 2.05) is 42.5 Å². The molecule has 128 valence electrons. The van der Waals surface area contributed by atoms with Crippen molar-refractivity contribution in [3.8, 4) is 5.75 Å². The summed E-state index contributed by atoms with van der Waals surface area (Å²) in [5.41, 5.74) is 2.55. The van der Waals surface area contributed by atoms with Crippen LogP contribution in [0.1, 0.15) is 29.4 Å².